The van der Waals surface area contributed by atoms with Crippen LogP contribution in [0, 0.1) is 10.7 Å². The van der Waals surface area contributed by atoms with E-state index in [2.05, 4.69) is 29.3 Å². The molecule has 0 bridgehead atoms. The van der Waals surface area contributed by atoms with Crippen molar-refractivity contribution in [2.24, 2.45) is 13.0 Å². The fourth-order valence-electron chi connectivity index (χ4n) is 2.74. The molecular weight excluding hydrogens is 300 g/mol. The van der Waals surface area contributed by atoms with E-state index in [1.165, 1.54) is 17.7 Å². The summed E-state index contributed by atoms with van der Waals surface area (Å²) in [6.45, 7) is 5.46. The topological polar surface area (TPSA) is 26.0 Å². The number of nitrogens with zero attached hydrogens (tertiary/aromatic N) is 4. The van der Waals surface area contributed by atoms with E-state index in [1.807, 2.05) is 16.3 Å². The molecule has 1 aliphatic rings. The predicted octanol–water partition coefficient (Wildman–Crippen LogP) is 3.29. The van der Waals surface area contributed by atoms with Gasteiger partial charge in [0, 0.05) is 31.4 Å². The quantitative estimate of drug-likeness (QED) is 0.808. The maximum atomic E-state index is 5.54. The van der Waals surface area contributed by atoms with E-state index < -0.39 is 0 Å². The summed E-state index contributed by atoms with van der Waals surface area (Å²) >= 11 is 7.31. The third-order valence-corrected chi connectivity index (χ3v) is 5.61. The maximum Gasteiger partial charge on any atom is 0.198 e. The van der Waals surface area contributed by atoms with E-state index in [1.54, 1.807) is 11.3 Å². The van der Waals surface area contributed by atoms with E-state index in [-0.39, 0.29) is 0 Å². The monoisotopic (exact) mass is 322 g/mol. The van der Waals surface area contributed by atoms with Gasteiger partial charge in [-0.2, -0.15) is 5.10 Å². The molecule has 0 saturated carbocycles. The maximum absolute atomic E-state index is 5.54. The second kappa shape index (κ2) is 6.42. The second-order valence-corrected chi connectivity index (χ2v) is 7.35. The Morgan fingerprint density at radius 1 is 1.38 bits per heavy atom. The molecule has 0 aliphatic carbocycles. The smallest absolute Gasteiger partial charge is 0.198 e. The minimum atomic E-state index is 0.820. The molecule has 2 aromatic rings. The van der Waals surface area contributed by atoms with Crippen molar-refractivity contribution in [2.45, 2.75) is 32.9 Å². The van der Waals surface area contributed by atoms with Crippen molar-refractivity contribution in [1.82, 2.24) is 19.2 Å². The van der Waals surface area contributed by atoms with E-state index in [9.17, 15) is 0 Å². The summed E-state index contributed by atoms with van der Waals surface area (Å²) in [6, 6.07) is 4.24. The highest BCUT2D eigenvalue weighted by atomic mass is 32.1. The van der Waals surface area contributed by atoms with Crippen LogP contribution in [-0.2, 0) is 20.1 Å². The fourth-order valence-corrected chi connectivity index (χ4v) is 3.65. The van der Waals surface area contributed by atoms with Crippen molar-refractivity contribution in [3.8, 4) is 0 Å². The molecule has 21 heavy (non-hydrogen) atoms. The molecule has 0 radical (unpaired) electrons. The Bertz CT molecular complexity index is 633. The Labute approximate surface area is 135 Å². The van der Waals surface area contributed by atoms with Gasteiger partial charge in [0.05, 0.1) is 6.67 Å². The van der Waals surface area contributed by atoms with E-state index >= 15 is 0 Å². The zero-order valence-electron chi connectivity index (χ0n) is 12.7. The Hall–Kier alpha value is -0.980. The van der Waals surface area contributed by atoms with Crippen LogP contribution in [0.25, 0.3) is 0 Å². The zero-order chi connectivity index (χ0) is 14.8. The molecule has 0 spiro atoms. The summed E-state index contributed by atoms with van der Waals surface area (Å²) in [5.41, 5.74) is 0. The Kier molecular flexibility index (Phi) is 4.57. The predicted molar refractivity (Wildman–Crippen MR) is 89.1 cm³/mol. The molecular formula is C15H22N4S2. The Morgan fingerprint density at radius 2 is 2.14 bits per heavy atom. The highest BCUT2D eigenvalue weighted by Gasteiger charge is 2.17. The van der Waals surface area contributed by atoms with Crippen LogP contribution < -0.4 is 0 Å². The molecule has 1 aliphatic heterocycles. The van der Waals surface area contributed by atoms with Crippen LogP contribution >= 0.6 is 23.6 Å². The summed E-state index contributed by atoms with van der Waals surface area (Å²) in [4.78, 5) is 3.79. The van der Waals surface area contributed by atoms with Gasteiger partial charge in [0.15, 0.2) is 4.77 Å². The summed E-state index contributed by atoms with van der Waals surface area (Å²) < 4.78 is 4.84. The lowest BCUT2D eigenvalue weighted by atomic mass is 10.00. The van der Waals surface area contributed by atoms with Crippen LogP contribution in [-0.4, -0.2) is 32.3 Å². The standard InChI is InChI=1S/C15H22N4S2/c1-12-5-7-18(8-6-12)11-19-15(20)17(2)14(16-19)10-13-4-3-9-21-13/h3-4,9,12H,5-8,10-11H2,1-2H3. The highest BCUT2D eigenvalue weighted by Crippen LogP contribution is 2.17. The molecule has 0 amide bonds. The number of hydrogen-bond acceptors (Lipinski definition) is 4. The van der Waals surface area contributed by atoms with Gasteiger partial charge in [-0.05, 0) is 42.4 Å². The summed E-state index contributed by atoms with van der Waals surface area (Å²) in [7, 11) is 2.02. The number of aromatic nitrogens is 3. The molecule has 114 valence electrons. The van der Waals surface area contributed by atoms with Crippen molar-refractivity contribution in [3.63, 3.8) is 0 Å². The van der Waals surface area contributed by atoms with Crippen molar-refractivity contribution in [1.29, 1.82) is 0 Å². The van der Waals surface area contributed by atoms with Crippen molar-refractivity contribution in [3.05, 3.63) is 33.0 Å². The van der Waals surface area contributed by atoms with Gasteiger partial charge in [-0.25, -0.2) is 4.68 Å². The molecule has 2 aromatic heterocycles. The Balaban J connectivity index is 1.72. The Morgan fingerprint density at radius 3 is 2.81 bits per heavy atom. The van der Waals surface area contributed by atoms with Gasteiger partial charge in [0.1, 0.15) is 5.82 Å². The van der Waals surface area contributed by atoms with Crippen molar-refractivity contribution < 1.29 is 0 Å². The summed E-state index contributed by atoms with van der Waals surface area (Å²) in [6.07, 6.45) is 3.42. The van der Waals surface area contributed by atoms with Crippen molar-refractivity contribution in [2.75, 3.05) is 13.1 Å². The largest absolute Gasteiger partial charge is 0.307 e. The normalized spacial score (nSPS) is 17.4. The molecule has 0 aromatic carbocycles. The molecule has 6 heteroatoms. The molecule has 1 fully saturated rings. The SMILES string of the molecule is CC1CCN(Cn2nc(Cc3cccs3)n(C)c2=S)CC1. The van der Waals surface area contributed by atoms with Crippen LogP contribution in [0.3, 0.4) is 0 Å². The average Bonchev–Trinajstić information content (AvgIpc) is 3.07. The molecule has 0 unspecified atom stereocenters. The van der Waals surface area contributed by atoms with E-state index in [0.717, 1.165) is 42.7 Å². The second-order valence-electron chi connectivity index (χ2n) is 5.96. The molecule has 3 heterocycles. The first-order valence-corrected chi connectivity index (χ1v) is 8.79. The number of rotatable bonds is 4. The first kappa shape index (κ1) is 14.9. The van der Waals surface area contributed by atoms with Gasteiger partial charge in [-0.1, -0.05) is 13.0 Å². The van der Waals surface area contributed by atoms with Crippen LogP contribution in [0.4, 0.5) is 0 Å². The fraction of sp³-hybridized carbons (Fsp3) is 0.600. The zero-order valence-corrected chi connectivity index (χ0v) is 14.3. The highest BCUT2D eigenvalue weighted by molar-refractivity contribution is 7.71. The van der Waals surface area contributed by atoms with Crippen molar-refractivity contribution >= 4 is 23.6 Å². The van der Waals surface area contributed by atoms with Gasteiger partial charge in [0.25, 0.3) is 0 Å². The summed E-state index contributed by atoms with van der Waals surface area (Å²) in [5, 5.41) is 6.84. The van der Waals surface area contributed by atoms with E-state index in [4.69, 9.17) is 17.3 Å². The van der Waals surface area contributed by atoms with Gasteiger partial charge in [0.2, 0.25) is 0 Å². The first-order chi connectivity index (χ1) is 10.1. The summed E-state index contributed by atoms with van der Waals surface area (Å²) in [5.74, 6) is 1.90. The average molecular weight is 323 g/mol. The molecule has 4 nitrogen and oxygen atoms in total. The minimum Gasteiger partial charge on any atom is -0.307 e. The lowest BCUT2D eigenvalue weighted by Crippen LogP contribution is -2.34. The molecule has 3 rings (SSSR count). The van der Waals surface area contributed by atoms with E-state index in [0.29, 0.717) is 0 Å². The van der Waals surface area contributed by atoms with Gasteiger partial charge in [-0.15, -0.1) is 11.3 Å². The molecule has 0 N–H and O–H groups in total. The lowest BCUT2D eigenvalue weighted by molar-refractivity contribution is 0.145. The third kappa shape index (κ3) is 3.44. The first-order valence-electron chi connectivity index (χ1n) is 7.51. The van der Waals surface area contributed by atoms with Gasteiger partial charge < -0.3 is 4.57 Å². The van der Waals surface area contributed by atoms with Crippen LogP contribution in [0.5, 0.6) is 0 Å². The third-order valence-electron chi connectivity index (χ3n) is 4.25. The van der Waals surface area contributed by atoms with Crippen LogP contribution in [0.15, 0.2) is 17.5 Å². The number of likely N-dealkylation sites (tertiary alicyclic amines) is 1. The lowest BCUT2D eigenvalue weighted by Gasteiger charge is -2.29. The number of hydrogen-bond donors (Lipinski definition) is 0. The van der Waals surface area contributed by atoms with Gasteiger partial charge in [-0.3, -0.25) is 4.90 Å². The van der Waals surface area contributed by atoms with Crippen LogP contribution in [0.1, 0.15) is 30.5 Å². The van der Waals surface area contributed by atoms with Crippen LogP contribution in [0.2, 0.25) is 0 Å². The minimum absolute atomic E-state index is 0.820. The number of piperidine rings is 1. The molecule has 0 atom stereocenters. The molecule has 1 saturated heterocycles. The van der Waals surface area contributed by atoms with Gasteiger partial charge >= 0.3 is 0 Å². The number of thiophene rings is 1.